The lowest BCUT2D eigenvalue weighted by molar-refractivity contribution is -0.163. The summed E-state index contributed by atoms with van der Waals surface area (Å²) in [5.74, 6) is -1.40. The number of alkyl halides is 2. The number of carboxylic acid groups (broad SMARTS) is 1. The minimum atomic E-state index is -3.02. The Morgan fingerprint density at radius 1 is 1.22 bits per heavy atom. The zero-order chi connectivity index (χ0) is 16.4. The third-order valence-electron chi connectivity index (χ3n) is 4.22. The molecule has 2 saturated heterocycles. The molecule has 0 aromatic heterocycles. The van der Waals surface area contributed by atoms with Crippen LogP contribution in [0.5, 0.6) is 5.75 Å². The molecule has 0 aliphatic carbocycles. The minimum absolute atomic E-state index is 0.0964. The van der Waals surface area contributed by atoms with Crippen LogP contribution in [0.25, 0.3) is 0 Å². The van der Waals surface area contributed by atoms with Gasteiger partial charge in [0.15, 0.2) is 6.10 Å². The van der Waals surface area contributed by atoms with Gasteiger partial charge in [0.2, 0.25) is 0 Å². The van der Waals surface area contributed by atoms with E-state index in [-0.39, 0.29) is 29.6 Å². The lowest BCUT2D eigenvalue weighted by Gasteiger charge is -2.30. The zero-order valence-corrected chi connectivity index (χ0v) is 12.4. The van der Waals surface area contributed by atoms with Gasteiger partial charge in [-0.25, -0.2) is 4.79 Å². The van der Waals surface area contributed by atoms with Crippen LogP contribution >= 0.6 is 0 Å². The molecular formula is C16H18F2O5. The van der Waals surface area contributed by atoms with E-state index in [1.54, 1.807) is 6.07 Å². The van der Waals surface area contributed by atoms with Crippen LogP contribution in [0.3, 0.4) is 0 Å². The van der Waals surface area contributed by atoms with Gasteiger partial charge in [0.05, 0.1) is 18.3 Å². The molecule has 2 heterocycles. The van der Waals surface area contributed by atoms with E-state index in [1.807, 2.05) is 0 Å². The highest BCUT2D eigenvalue weighted by molar-refractivity contribution is 5.75. The fraction of sp³-hybridized carbons (Fsp3) is 0.562. The van der Waals surface area contributed by atoms with Gasteiger partial charge in [-0.1, -0.05) is 18.2 Å². The fourth-order valence-corrected chi connectivity index (χ4v) is 3.28. The number of ether oxygens (including phenoxy) is 3. The van der Waals surface area contributed by atoms with Gasteiger partial charge in [0.1, 0.15) is 5.75 Å². The molecule has 0 radical (unpaired) electrons. The van der Waals surface area contributed by atoms with Crippen molar-refractivity contribution in [2.45, 2.75) is 56.7 Å². The minimum Gasteiger partial charge on any atom is -0.479 e. The number of carboxylic acids is 1. The Balaban J connectivity index is 1.78. The van der Waals surface area contributed by atoms with Gasteiger partial charge in [-0.3, -0.25) is 0 Å². The van der Waals surface area contributed by atoms with E-state index in [0.29, 0.717) is 12.8 Å². The molecule has 2 aliphatic rings. The van der Waals surface area contributed by atoms with Crippen molar-refractivity contribution in [1.29, 1.82) is 0 Å². The fourth-order valence-electron chi connectivity index (χ4n) is 3.28. The molecule has 5 nitrogen and oxygen atoms in total. The van der Waals surface area contributed by atoms with Gasteiger partial charge >= 0.3 is 12.6 Å². The Bertz CT molecular complexity index is 553. The van der Waals surface area contributed by atoms with Crippen molar-refractivity contribution in [1.82, 2.24) is 0 Å². The van der Waals surface area contributed by atoms with Gasteiger partial charge in [-0.15, -0.1) is 0 Å². The first kappa shape index (κ1) is 16.1. The van der Waals surface area contributed by atoms with Crippen molar-refractivity contribution in [2.24, 2.45) is 0 Å². The molecule has 1 N–H and O–H groups in total. The van der Waals surface area contributed by atoms with E-state index in [0.717, 1.165) is 12.8 Å². The van der Waals surface area contributed by atoms with Crippen molar-refractivity contribution in [3.05, 3.63) is 29.8 Å². The van der Waals surface area contributed by atoms with E-state index in [4.69, 9.17) is 9.47 Å². The van der Waals surface area contributed by atoms with Crippen molar-refractivity contribution in [3.8, 4) is 5.75 Å². The summed E-state index contributed by atoms with van der Waals surface area (Å²) in [7, 11) is 0. The van der Waals surface area contributed by atoms with E-state index in [9.17, 15) is 18.7 Å². The first-order valence-electron chi connectivity index (χ1n) is 7.60. The SMILES string of the molecule is O=C(O)C(O[C@H]1C[C@H]2CC[C@@H](C1)O2)c1ccccc1OC(F)F. The predicted molar refractivity (Wildman–Crippen MR) is 75.5 cm³/mol. The monoisotopic (exact) mass is 328 g/mol. The van der Waals surface area contributed by atoms with Gasteiger partial charge in [-0.05, 0) is 31.7 Å². The molecule has 2 aliphatic heterocycles. The number of carbonyl (C=O) groups is 1. The third kappa shape index (κ3) is 3.79. The molecule has 0 saturated carbocycles. The summed E-state index contributed by atoms with van der Waals surface area (Å²) >= 11 is 0. The lowest BCUT2D eigenvalue weighted by atomic mass is 10.0. The maximum atomic E-state index is 12.5. The average Bonchev–Trinajstić information content (AvgIpc) is 2.84. The number of hydrogen-bond acceptors (Lipinski definition) is 4. The van der Waals surface area contributed by atoms with Gasteiger partial charge < -0.3 is 19.3 Å². The maximum Gasteiger partial charge on any atom is 0.387 e. The summed E-state index contributed by atoms with van der Waals surface area (Å²) in [4.78, 5) is 11.6. The first-order chi connectivity index (χ1) is 11.0. The van der Waals surface area contributed by atoms with E-state index in [1.165, 1.54) is 18.2 Å². The second-order valence-electron chi connectivity index (χ2n) is 5.82. The molecule has 7 heteroatoms. The molecule has 1 aromatic rings. The molecule has 0 amide bonds. The number of fused-ring (bicyclic) bond motifs is 2. The number of para-hydroxylation sites is 1. The summed E-state index contributed by atoms with van der Waals surface area (Å²) in [5, 5.41) is 9.46. The summed E-state index contributed by atoms with van der Waals surface area (Å²) in [5.41, 5.74) is 0.0964. The Hall–Kier alpha value is -1.73. The van der Waals surface area contributed by atoms with Crippen LogP contribution in [0.15, 0.2) is 24.3 Å². The van der Waals surface area contributed by atoms with Crippen molar-refractivity contribution in [3.63, 3.8) is 0 Å². The zero-order valence-electron chi connectivity index (χ0n) is 12.4. The second-order valence-corrected chi connectivity index (χ2v) is 5.82. The number of rotatable bonds is 6. The standard InChI is InChI=1S/C16H18F2O5/c17-16(18)23-13-4-2-1-3-12(13)14(15(19)20)22-11-7-9-5-6-10(8-11)21-9/h1-4,9-11,14,16H,5-8H2,(H,19,20)/t9-,10+,11+,14?. The molecule has 3 rings (SSSR count). The van der Waals surface area contributed by atoms with E-state index in [2.05, 4.69) is 4.74 Å². The van der Waals surface area contributed by atoms with Crippen LogP contribution in [-0.2, 0) is 14.3 Å². The van der Waals surface area contributed by atoms with Crippen molar-refractivity contribution >= 4 is 5.97 Å². The van der Waals surface area contributed by atoms with Crippen molar-refractivity contribution in [2.75, 3.05) is 0 Å². The topological polar surface area (TPSA) is 65.0 Å². The summed E-state index contributed by atoms with van der Waals surface area (Å²) in [6, 6.07) is 5.83. The Morgan fingerprint density at radius 2 is 1.87 bits per heavy atom. The molecule has 1 unspecified atom stereocenters. The molecular weight excluding hydrogens is 310 g/mol. The number of hydrogen-bond donors (Lipinski definition) is 1. The average molecular weight is 328 g/mol. The van der Waals surface area contributed by atoms with Crippen LogP contribution in [-0.4, -0.2) is 36.0 Å². The number of halogens is 2. The van der Waals surface area contributed by atoms with Gasteiger partial charge in [0, 0.05) is 5.56 Å². The Morgan fingerprint density at radius 3 is 2.48 bits per heavy atom. The number of benzene rings is 1. The summed E-state index contributed by atoms with van der Waals surface area (Å²) in [6.45, 7) is -3.02. The van der Waals surface area contributed by atoms with Crippen LogP contribution in [0.2, 0.25) is 0 Å². The van der Waals surface area contributed by atoms with Gasteiger partial charge in [0.25, 0.3) is 0 Å². The van der Waals surface area contributed by atoms with Crippen LogP contribution in [0.1, 0.15) is 37.4 Å². The number of aliphatic carboxylic acids is 1. The molecule has 1 aromatic carbocycles. The Labute approximate surface area is 132 Å². The van der Waals surface area contributed by atoms with Crippen LogP contribution < -0.4 is 4.74 Å². The van der Waals surface area contributed by atoms with E-state index >= 15 is 0 Å². The lowest BCUT2D eigenvalue weighted by Crippen LogP contribution is -2.33. The first-order valence-corrected chi connectivity index (χ1v) is 7.60. The normalized spacial score (nSPS) is 27.9. The highest BCUT2D eigenvalue weighted by Crippen LogP contribution is 2.37. The van der Waals surface area contributed by atoms with E-state index < -0.39 is 18.7 Å². The summed E-state index contributed by atoms with van der Waals surface area (Å²) < 4.78 is 40.9. The van der Waals surface area contributed by atoms with Crippen LogP contribution in [0.4, 0.5) is 8.78 Å². The quantitative estimate of drug-likeness (QED) is 0.869. The largest absolute Gasteiger partial charge is 0.479 e. The molecule has 126 valence electrons. The molecule has 4 atom stereocenters. The summed E-state index contributed by atoms with van der Waals surface area (Å²) in [6.07, 6.45) is 1.74. The Kier molecular flexibility index (Phi) is 4.77. The van der Waals surface area contributed by atoms with Crippen LogP contribution in [0, 0.1) is 0 Å². The molecule has 0 spiro atoms. The van der Waals surface area contributed by atoms with Crippen molar-refractivity contribution < 1.29 is 32.9 Å². The molecule has 2 bridgehead atoms. The highest BCUT2D eigenvalue weighted by Gasteiger charge is 2.38. The maximum absolute atomic E-state index is 12.5. The van der Waals surface area contributed by atoms with Gasteiger partial charge in [-0.2, -0.15) is 8.78 Å². The molecule has 23 heavy (non-hydrogen) atoms. The molecule has 2 fully saturated rings. The predicted octanol–water partition coefficient (Wildman–Crippen LogP) is 3.14. The second kappa shape index (κ2) is 6.80. The smallest absolute Gasteiger partial charge is 0.387 e. The highest BCUT2D eigenvalue weighted by atomic mass is 19.3. The third-order valence-corrected chi connectivity index (χ3v) is 4.22.